The van der Waals surface area contributed by atoms with Gasteiger partial charge in [-0.2, -0.15) is 4.98 Å². The van der Waals surface area contributed by atoms with E-state index in [1.165, 1.54) is 38.8 Å². The molecule has 2 saturated heterocycles. The van der Waals surface area contributed by atoms with Gasteiger partial charge in [0.15, 0.2) is 5.82 Å². The van der Waals surface area contributed by atoms with Gasteiger partial charge in [-0.3, -0.25) is 4.90 Å². The van der Waals surface area contributed by atoms with Gasteiger partial charge in [-0.15, -0.1) is 0 Å². The summed E-state index contributed by atoms with van der Waals surface area (Å²) >= 11 is 0. The van der Waals surface area contributed by atoms with E-state index in [0.717, 1.165) is 31.3 Å². The van der Waals surface area contributed by atoms with Crippen molar-refractivity contribution in [1.82, 2.24) is 20.4 Å². The van der Waals surface area contributed by atoms with E-state index in [1.807, 2.05) is 0 Å². The van der Waals surface area contributed by atoms with E-state index in [9.17, 15) is 0 Å². The molecule has 5 nitrogen and oxygen atoms in total. The summed E-state index contributed by atoms with van der Waals surface area (Å²) in [6, 6.07) is 0. The molecule has 2 aliphatic rings. The molecule has 0 aromatic carbocycles. The predicted octanol–water partition coefficient (Wildman–Crippen LogP) is 2.33. The van der Waals surface area contributed by atoms with Crippen LogP contribution in [0, 0.1) is 5.41 Å². The highest BCUT2D eigenvalue weighted by atomic mass is 16.5. The molecule has 0 radical (unpaired) electrons. The first-order valence-electron chi connectivity index (χ1n) is 8.23. The van der Waals surface area contributed by atoms with Crippen molar-refractivity contribution in [1.29, 1.82) is 0 Å². The van der Waals surface area contributed by atoms with E-state index in [4.69, 9.17) is 4.52 Å². The zero-order chi connectivity index (χ0) is 14.9. The molecule has 3 heterocycles. The lowest BCUT2D eigenvalue weighted by Crippen LogP contribution is -2.50. The first-order valence-corrected chi connectivity index (χ1v) is 8.23. The van der Waals surface area contributed by atoms with Gasteiger partial charge in [-0.05, 0) is 44.2 Å². The molecule has 1 aromatic heterocycles. The number of nitrogens with one attached hydrogen (secondary N) is 1. The summed E-state index contributed by atoms with van der Waals surface area (Å²) in [5.74, 6) is 1.57. The fourth-order valence-electron chi connectivity index (χ4n) is 3.64. The first kappa shape index (κ1) is 15.0. The van der Waals surface area contributed by atoms with Gasteiger partial charge in [0, 0.05) is 18.5 Å². The maximum absolute atomic E-state index is 5.45. The number of likely N-dealkylation sites (tertiary alicyclic amines) is 1. The molecule has 1 atom stereocenters. The highest BCUT2D eigenvalue weighted by Gasteiger charge is 2.36. The van der Waals surface area contributed by atoms with Crippen LogP contribution in [0.15, 0.2) is 4.52 Å². The van der Waals surface area contributed by atoms with Gasteiger partial charge in [0.05, 0.1) is 6.54 Å². The molecule has 2 fully saturated rings. The summed E-state index contributed by atoms with van der Waals surface area (Å²) in [6.45, 7) is 11.8. The Morgan fingerprint density at radius 1 is 1.29 bits per heavy atom. The molecule has 3 rings (SSSR count). The van der Waals surface area contributed by atoms with Gasteiger partial charge in [0.25, 0.3) is 0 Å². The fourth-order valence-corrected chi connectivity index (χ4v) is 3.64. The molecule has 118 valence electrons. The van der Waals surface area contributed by atoms with Crippen molar-refractivity contribution in [2.45, 2.75) is 58.4 Å². The maximum Gasteiger partial charge on any atom is 0.240 e. The molecule has 1 spiro atoms. The Kier molecular flexibility index (Phi) is 4.06. The Bertz CT molecular complexity index is 465. The molecular weight excluding hydrogens is 264 g/mol. The third-order valence-corrected chi connectivity index (χ3v) is 4.80. The van der Waals surface area contributed by atoms with E-state index in [0.29, 0.717) is 5.41 Å². The summed E-state index contributed by atoms with van der Waals surface area (Å²) in [6.07, 6.45) is 5.30. The Labute approximate surface area is 127 Å². The van der Waals surface area contributed by atoms with Gasteiger partial charge < -0.3 is 9.84 Å². The molecule has 1 aromatic rings. The summed E-state index contributed by atoms with van der Waals surface area (Å²) in [5.41, 5.74) is 0.432. The second-order valence-electron chi connectivity index (χ2n) is 7.86. The monoisotopic (exact) mass is 292 g/mol. The third kappa shape index (κ3) is 3.46. The summed E-state index contributed by atoms with van der Waals surface area (Å²) < 4.78 is 5.45. The van der Waals surface area contributed by atoms with Crippen molar-refractivity contribution >= 4 is 0 Å². The number of hydrogen-bond acceptors (Lipinski definition) is 5. The van der Waals surface area contributed by atoms with Crippen molar-refractivity contribution in [2.75, 3.05) is 26.2 Å². The maximum atomic E-state index is 5.45. The zero-order valence-electron chi connectivity index (χ0n) is 13.6. The number of aromatic nitrogens is 2. The van der Waals surface area contributed by atoms with Crippen LogP contribution in [-0.4, -0.2) is 41.2 Å². The van der Waals surface area contributed by atoms with Crippen LogP contribution in [0.4, 0.5) is 0 Å². The highest BCUT2D eigenvalue weighted by Crippen LogP contribution is 2.36. The molecule has 5 heteroatoms. The van der Waals surface area contributed by atoms with E-state index in [2.05, 4.69) is 41.1 Å². The van der Waals surface area contributed by atoms with Crippen LogP contribution < -0.4 is 5.32 Å². The van der Waals surface area contributed by atoms with Gasteiger partial charge in [0.1, 0.15) is 0 Å². The number of nitrogens with zero attached hydrogens (tertiary/aromatic N) is 3. The minimum absolute atomic E-state index is 0.0435. The predicted molar refractivity (Wildman–Crippen MR) is 82.0 cm³/mol. The van der Waals surface area contributed by atoms with Crippen molar-refractivity contribution in [3.8, 4) is 0 Å². The Morgan fingerprint density at radius 2 is 2.10 bits per heavy atom. The van der Waals surface area contributed by atoms with Crippen molar-refractivity contribution in [3.63, 3.8) is 0 Å². The van der Waals surface area contributed by atoms with E-state index in [-0.39, 0.29) is 5.41 Å². The Balaban J connectivity index is 1.63. The largest absolute Gasteiger partial charge is 0.338 e. The Hall–Kier alpha value is -0.940. The molecule has 0 bridgehead atoms. The van der Waals surface area contributed by atoms with Crippen LogP contribution in [0.3, 0.4) is 0 Å². The van der Waals surface area contributed by atoms with Crippen LogP contribution in [0.5, 0.6) is 0 Å². The molecule has 0 amide bonds. The summed E-state index contributed by atoms with van der Waals surface area (Å²) in [7, 11) is 0. The normalized spacial score (nSPS) is 28.1. The number of hydrogen-bond donors (Lipinski definition) is 1. The molecule has 1 unspecified atom stereocenters. The van der Waals surface area contributed by atoms with Crippen molar-refractivity contribution < 1.29 is 4.52 Å². The molecule has 1 N–H and O–H groups in total. The lowest BCUT2D eigenvalue weighted by atomic mass is 9.74. The topological polar surface area (TPSA) is 54.2 Å². The second kappa shape index (κ2) is 5.69. The quantitative estimate of drug-likeness (QED) is 0.906. The second-order valence-corrected chi connectivity index (χ2v) is 7.86. The van der Waals surface area contributed by atoms with Crippen LogP contribution >= 0.6 is 0 Å². The SMILES string of the molecule is CC(C)(C)c1noc(CN2CCCC3(CCCNC3)C2)n1. The van der Waals surface area contributed by atoms with Crippen LogP contribution in [0.1, 0.15) is 58.2 Å². The summed E-state index contributed by atoms with van der Waals surface area (Å²) in [5, 5.41) is 7.71. The average Bonchev–Trinajstić information content (AvgIpc) is 2.88. The molecule has 21 heavy (non-hydrogen) atoms. The van der Waals surface area contributed by atoms with Crippen LogP contribution in [-0.2, 0) is 12.0 Å². The van der Waals surface area contributed by atoms with Gasteiger partial charge in [-0.25, -0.2) is 0 Å². The smallest absolute Gasteiger partial charge is 0.240 e. The summed E-state index contributed by atoms with van der Waals surface area (Å²) in [4.78, 5) is 7.07. The lowest BCUT2D eigenvalue weighted by molar-refractivity contribution is 0.0538. The molecule has 0 saturated carbocycles. The van der Waals surface area contributed by atoms with Gasteiger partial charge in [-0.1, -0.05) is 25.9 Å². The third-order valence-electron chi connectivity index (χ3n) is 4.80. The first-order chi connectivity index (χ1) is 9.97. The minimum atomic E-state index is -0.0435. The standard InChI is InChI=1S/C16H28N4O/c1-15(2,3)14-18-13(21-19-14)10-20-9-5-7-16(12-20)6-4-8-17-11-16/h17H,4-12H2,1-3H3. The fraction of sp³-hybridized carbons (Fsp3) is 0.875. The zero-order valence-corrected chi connectivity index (χ0v) is 13.6. The molecule has 0 aliphatic carbocycles. The van der Waals surface area contributed by atoms with Crippen LogP contribution in [0.2, 0.25) is 0 Å². The van der Waals surface area contributed by atoms with Gasteiger partial charge in [0.2, 0.25) is 5.89 Å². The van der Waals surface area contributed by atoms with E-state index >= 15 is 0 Å². The van der Waals surface area contributed by atoms with Crippen molar-refractivity contribution in [2.24, 2.45) is 5.41 Å². The van der Waals surface area contributed by atoms with E-state index < -0.39 is 0 Å². The van der Waals surface area contributed by atoms with E-state index in [1.54, 1.807) is 0 Å². The Morgan fingerprint density at radius 3 is 2.76 bits per heavy atom. The number of piperidine rings is 2. The molecular formula is C16H28N4O. The molecule has 2 aliphatic heterocycles. The number of rotatable bonds is 2. The minimum Gasteiger partial charge on any atom is -0.338 e. The lowest BCUT2D eigenvalue weighted by Gasteiger charge is -2.45. The van der Waals surface area contributed by atoms with Crippen molar-refractivity contribution in [3.05, 3.63) is 11.7 Å². The van der Waals surface area contributed by atoms with Crippen LogP contribution in [0.25, 0.3) is 0 Å². The average molecular weight is 292 g/mol. The van der Waals surface area contributed by atoms with Gasteiger partial charge >= 0.3 is 0 Å². The highest BCUT2D eigenvalue weighted by molar-refractivity contribution is 5.00.